The average Bonchev–Trinajstić information content (AvgIpc) is 2.45. The summed E-state index contributed by atoms with van der Waals surface area (Å²) in [6.07, 6.45) is 0. The van der Waals surface area contributed by atoms with E-state index in [1.165, 1.54) is 0 Å². The Labute approximate surface area is 118 Å². The highest BCUT2D eigenvalue weighted by Crippen LogP contribution is 2.29. The van der Waals surface area contributed by atoms with Crippen LogP contribution in [0.3, 0.4) is 0 Å². The molecule has 0 aliphatic heterocycles. The molecule has 1 aromatic carbocycles. The zero-order valence-corrected chi connectivity index (χ0v) is 11.8. The van der Waals surface area contributed by atoms with Crippen LogP contribution in [-0.2, 0) is 12.5 Å². The van der Waals surface area contributed by atoms with Gasteiger partial charge in [0.25, 0.3) is 0 Å². The van der Waals surface area contributed by atoms with Crippen molar-refractivity contribution in [3.8, 4) is 11.5 Å². The fourth-order valence-corrected chi connectivity index (χ4v) is 1.91. The van der Waals surface area contributed by atoms with Crippen LogP contribution in [0.2, 0.25) is 0 Å². The number of aryl methyl sites for hydroxylation is 1. The van der Waals surface area contributed by atoms with Gasteiger partial charge in [0.15, 0.2) is 11.5 Å². The fraction of sp³-hybridized carbons (Fsp3) is 0.267. The number of ether oxygens (including phenoxy) is 2. The SMILES string of the molecule is COc1ccc(CCl)cc1OCc1cccc(C)n1. The Morgan fingerprint density at radius 2 is 2.00 bits per heavy atom. The first-order chi connectivity index (χ1) is 9.22. The third-order valence-electron chi connectivity index (χ3n) is 2.70. The Morgan fingerprint density at radius 1 is 1.16 bits per heavy atom. The maximum atomic E-state index is 5.82. The molecule has 0 bridgehead atoms. The Bertz CT molecular complexity index is 558. The molecular weight excluding hydrogens is 262 g/mol. The summed E-state index contributed by atoms with van der Waals surface area (Å²) in [5.41, 5.74) is 2.86. The number of benzene rings is 1. The molecule has 4 heteroatoms. The van der Waals surface area contributed by atoms with E-state index in [1.807, 2.05) is 43.3 Å². The van der Waals surface area contributed by atoms with Crippen LogP contribution in [0.15, 0.2) is 36.4 Å². The molecule has 2 rings (SSSR count). The molecule has 100 valence electrons. The first-order valence-electron chi connectivity index (χ1n) is 6.01. The lowest BCUT2D eigenvalue weighted by molar-refractivity contribution is 0.280. The minimum absolute atomic E-state index is 0.407. The molecule has 0 radical (unpaired) electrons. The summed E-state index contributed by atoms with van der Waals surface area (Å²) in [6.45, 7) is 2.36. The molecule has 0 amide bonds. The van der Waals surface area contributed by atoms with Crippen molar-refractivity contribution in [1.29, 1.82) is 0 Å². The van der Waals surface area contributed by atoms with E-state index >= 15 is 0 Å². The summed E-state index contributed by atoms with van der Waals surface area (Å²) >= 11 is 5.82. The predicted octanol–water partition coefficient (Wildman–Crippen LogP) is 3.72. The number of pyridine rings is 1. The van der Waals surface area contributed by atoms with Gasteiger partial charge in [0.2, 0.25) is 0 Å². The van der Waals surface area contributed by atoms with Crippen LogP contribution in [0.5, 0.6) is 11.5 Å². The molecule has 0 unspecified atom stereocenters. The third-order valence-corrected chi connectivity index (χ3v) is 3.01. The Balaban J connectivity index is 2.14. The van der Waals surface area contributed by atoms with E-state index in [4.69, 9.17) is 21.1 Å². The molecule has 0 aliphatic rings. The lowest BCUT2D eigenvalue weighted by Gasteiger charge is -2.11. The second kappa shape index (κ2) is 6.43. The van der Waals surface area contributed by atoms with Gasteiger partial charge in [-0.2, -0.15) is 0 Å². The summed E-state index contributed by atoms with van der Waals surface area (Å²) in [5, 5.41) is 0. The van der Waals surface area contributed by atoms with Crippen molar-refractivity contribution in [2.75, 3.05) is 7.11 Å². The molecule has 2 aromatic rings. The highest BCUT2D eigenvalue weighted by atomic mass is 35.5. The van der Waals surface area contributed by atoms with Crippen LogP contribution in [0.4, 0.5) is 0 Å². The smallest absolute Gasteiger partial charge is 0.162 e. The van der Waals surface area contributed by atoms with Gasteiger partial charge in [0.05, 0.1) is 12.8 Å². The molecular formula is C15H16ClNO2. The van der Waals surface area contributed by atoms with Gasteiger partial charge in [0, 0.05) is 11.6 Å². The summed E-state index contributed by atoms with van der Waals surface area (Å²) in [7, 11) is 1.62. The monoisotopic (exact) mass is 277 g/mol. The number of aromatic nitrogens is 1. The van der Waals surface area contributed by atoms with E-state index in [0.29, 0.717) is 24.0 Å². The molecule has 3 nitrogen and oxygen atoms in total. The molecule has 0 aliphatic carbocycles. The minimum atomic E-state index is 0.407. The summed E-state index contributed by atoms with van der Waals surface area (Å²) in [4.78, 5) is 4.39. The van der Waals surface area contributed by atoms with Crippen LogP contribution < -0.4 is 9.47 Å². The standard InChI is InChI=1S/C15H16ClNO2/c1-11-4-3-5-13(17-11)10-19-15-8-12(9-16)6-7-14(15)18-2/h3-8H,9-10H2,1-2H3. The normalized spacial score (nSPS) is 10.3. The van der Waals surface area contributed by atoms with Gasteiger partial charge in [0.1, 0.15) is 6.61 Å². The number of nitrogens with zero attached hydrogens (tertiary/aromatic N) is 1. The third kappa shape index (κ3) is 3.61. The molecule has 19 heavy (non-hydrogen) atoms. The molecule has 1 aromatic heterocycles. The van der Waals surface area contributed by atoms with Gasteiger partial charge in [-0.3, -0.25) is 4.98 Å². The topological polar surface area (TPSA) is 31.4 Å². The summed E-state index contributed by atoms with van der Waals surface area (Å²) in [6, 6.07) is 11.5. The van der Waals surface area contributed by atoms with Crippen molar-refractivity contribution in [2.45, 2.75) is 19.4 Å². The fourth-order valence-electron chi connectivity index (χ4n) is 1.75. The van der Waals surface area contributed by atoms with Gasteiger partial charge >= 0.3 is 0 Å². The van der Waals surface area contributed by atoms with Crippen molar-refractivity contribution in [2.24, 2.45) is 0 Å². The number of halogens is 1. The molecule has 0 atom stereocenters. The van der Waals surface area contributed by atoms with E-state index in [9.17, 15) is 0 Å². The van der Waals surface area contributed by atoms with E-state index < -0.39 is 0 Å². The lowest BCUT2D eigenvalue weighted by Crippen LogP contribution is -2.01. The molecule has 0 saturated heterocycles. The van der Waals surface area contributed by atoms with Gasteiger partial charge in [-0.05, 0) is 36.8 Å². The molecule has 1 heterocycles. The molecule has 0 fully saturated rings. The van der Waals surface area contributed by atoms with E-state index in [0.717, 1.165) is 17.0 Å². The van der Waals surface area contributed by atoms with E-state index in [1.54, 1.807) is 7.11 Å². The van der Waals surface area contributed by atoms with Gasteiger partial charge in [-0.15, -0.1) is 11.6 Å². The molecule has 0 saturated carbocycles. The van der Waals surface area contributed by atoms with Crippen LogP contribution in [0.1, 0.15) is 17.0 Å². The van der Waals surface area contributed by atoms with E-state index in [2.05, 4.69) is 4.98 Å². The number of rotatable bonds is 5. The van der Waals surface area contributed by atoms with Crippen molar-refractivity contribution in [1.82, 2.24) is 4.98 Å². The van der Waals surface area contributed by atoms with E-state index in [-0.39, 0.29) is 0 Å². The Morgan fingerprint density at radius 3 is 2.68 bits per heavy atom. The quantitative estimate of drug-likeness (QED) is 0.781. The summed E-state index contributed by atoms with van der Waals surface area (Å²) < 4.78 is 11.0. The number of hydrogen-bond acceptors (Lipinski definition) is 3. The maximum absolute atomic E-state index is 5.82. The Hall–Kier alpha value is -1.74. The molecule has 0 N–H and O–H groups in total. The second-order valence-electron chi connectivity index (χ2n) is 4.18. The minimum Gasteiger partial charge on any atom is -0.493 e. The number of methoxy groups -OCH3 is 1. The van der Waals surface area contributed by atoms with Gasteiger partial charge in [-0.25, -0.2) is 0 Å². The highest BCUT2D eigenvalue weighted by molar-refractivity contribution is 6.17. The summed E-state index contributed by atoms with van der Waals surface area (Å²) in [5.74, 6) is 1.83. The molecule has 0 spiro atoms. The first-order valence-corrected chi connectivity index (χ1v) is 6.54. The van der Waals surface area contributed by atoms with Crippen LogP contribution in [-0.4, -0.2) is 12.1 Å². The zero-order chi connectivity index (χ0) is 13.7. The maximum Gasteiger partial charge on any atom is 0.162 e. The predicted molar refractivity (Wildman–Crippen MR) is 75.9 cm³/mol. The largest absolute Gasteiger partial charge is 0.493 e. The van der Waals surface area contributed by atoms with Crippen LogP contribution in [0, 0.1) is 6.92 Å². The van der Waals surface area contributed by atoms with Crippen LogP contribution in [0.25, 0.3) is 0 Å². The number of alkyl halides is 1. The van der Waals surface area contributed by atoms with Crippen molar-refractivity contribution in [3.05, 3.63) is 53.3 Å². The first kappa shape index (κ1) is 13.7. The van der Waals surface area contributed by atoms with Gasteiger partial charge < -0.3 is 9.47 Å². The average molecular weight is 278 g/mol. The van der Waals surface area contributed by atoms with Crippen LogP contribution >= 0.6 is 11.6 Å². The van der Waals surface area contributed by atoms with Crippen molar-refractivity contribution >= 4 is 11.6 Å². The highest BCUT2D eigenvalue weighted by Gasteiger charge is 2.06. The lowest BCUT2D eigenvalue weighted by atomic mass is 10.2. The van der Waals surface area contributed by atoms with Crippen molar-refractivity contribution in [3.63, 3.8) is 0 Å². The zero-order valence-electron chi connectivity index (χ0n) is 11.0. The second-order valence-corrected chi connectivity index (χ2v) is 4.45. The van der Waals surface area contributed by atoms with Crippen molar-refractivity contribution < 1.29 is 9.47 Å². The Kier molecular flexibility index (Phi) is 4.63. The van der Waals surface area contributed by atoms with Gasteiger partial charge in [-0.1, -0.05) is 12.1 Å². The number of hydrogen-bond donors (Lipinski definition) is 0.